The molecule has 6 nitrogen and oxygen atoms in total. The molecule has 0 fully saturated rings. The Bertz CT molecular complexity index is 771. The lowest BCUT2D eigenvalue weighted by Crippen LogP contribution is -2.34. The molecular formula is C18H22FN3O3S. The first-order chi connectivity index (χ1) is 12.3. The second-order valence-electron chi connectivity index (χ2n) is 6.55. The van der Waals surface area contributed by atoms with Gasteiger partial charge in [0, 0.05) is 18.7 Å². The number of hydrogen-bond donors (Lipinski definition) is 2. The van der Waals surface area contributed by atoms with Crippen molar-refractivity contribution in [2.75, 3.05) is 13.1 Å². The van der Waals surface area contributed by atoms with Crippen LogP contribution in [-0.4, -0.2) is 35.7 Å². The number of aromatic nitrogens is 1. The smallest absolute Gasteiger partial charge is 0.407 e. The van der Waals surface area contributed by atoms with E-state index < -0.39 is 11.7 Å². The molecule has 1 heterocycles. The van der Waals surface area contributed by atoms with Crippen LogP contribution in [-0.2, 0) is 4.74 Å². The van der Waals surface area contributed by atoms with Crippen LogP contribution in [0.15, 0.2) is 30.5 Å². The van der Waals surface area contributed by atoms with Crippen LogP contribution >= 0.6 is 11.3 Å². The summed E-state index contributed by atoms with van der Waals surface area (Å²) < 4.78 is 18.9. The first kappa shape index (κ1) is 19.8. The molecule has 2 N–H and O–H groups in total. The third-order valence-electron chi connectivity index (χ3n) is 3.14. The van der Waals surface area contributed by atoms with Crippen LogP contribution in [0.4, 0.5) is 9.18 Å². The van der Waals surface area contributed by atoms with E-state index in [-0.39, 0.29) is 11.7 Å². The summed E-state index contributed by atoms with van der Waals surface area (Å²) in [5, 5.41) is 5.82. The van der Waals surface area contributed by atoms with Crippen molar-refractivity contribution in [2.24, 2.45) is 0 Å². The van der Waals surface area contributed by atoms with Crippen LogP contribution in [0, 0.1) is 5.82 Å². The fourth-order valence-electron chi connectivity index (χ4n) is 2.02. The monoisotopic (exact) mass is 379 g/mol. The molecule has 0 aliphatic heterocycles. The van der Waals surface area contributed by atoms with Gasteiger partial charge in [0.2, 0.25) is 0 Å². The van der Waals surface area contributed by atoms with Crippen molar-refractivity contribution >= 4 is 23.3 Å². The van der Waals surface area contributed by atoms with E-state index in [4.69, 9.17) is 4.74 Å². The summed E-state index contributed by atoms with van der Waals surface area (Å²) in [7, 11) is 0. The van der Waals surface area contributed by atoms with E-state index in [9.17, 15) is 14.0 Å². The van der Waals surface area contributed by atoms with E-state index in [0.29, 0.717) is 35.0 Å². The number of alkyl carbamates (subject to hydrolysis) is 1. The molecule has 0 radical (unpaired) electrons. The number of nitrogens with one attached hydrogen (secondary N) is 2. The molecule has 1 aromatic heterocycles. The number of benzene rings is 1. The average Bonchev–Trinajstić information content (AvgIpc) is 3.03. The van der Waals surface area contributed by atoms with Gasteiger partial charge in [0.25, 0.3) is 5.91 Å². The molecule has 0 atom stereocenters. The van der Waals surface area contributed by atoms with Crippen molar-refractivity contribution in [1.82, 2.24) is 15.6 Å². The molecule has 0 saturated carbocycles. The Morgan fingerprint density at radius 1 is 1.19 bits per heavy atom. The highest BCUT2D eigenvalue weighted by Gasteiger charge is 2.16. The Balaban J connectivity index is 1.76. The Labute approximate surface area is 155 Å². The molecule has 0 spiro atoms. The Morgan fingerprint density at radius 2 is 1.88 bits per heavy atom. The molecule has 0 saturated heterocycles. The van der Waals surface area contributed by atoms with Gasteiger partial charge >= 0.3 is 6.09 Å². The van der Waals surface area contributed by atoms with Crippen LogP contribution in [0.5, 0.6) is 0 Å². The Kier molecular flexibility index (Phi) is 6.68. The van der Waals surface area contributed by atoms with Crippen LogP contribution in [0.25, 0.3) is 10.6 Å². The highest BCUT2D eigenvalue weighted by molar-refractivity contribution is 7.16. The van der Waals surface area contributed by atoms with Gasteiger partial charge in [-0.3, -0.25) is 4.79 Å². The van der Waals surface area contributed by atoms with Crippen LogP contribution in [0.3, 0.4) is 0 Å². The van der Waals surface area contributed by atoms with Gasteiger partial charge in [0.05, 0.1) is 6.20 Å². The quantitative estimate of drug-likeness (QED) is 0.752. The lowest BCUT2D eigenvalue weighted by atomic mass is 10.2. The van der Waals surface area contributed by atoms with Gasteiger partial charge < -0.3 is 15.4 Å². The standard InChI is InChI=1S/C18H22FN3O3S/c1-18(2,3)25-17(24)21-10-6-9-20-15(23)14-11-22-16(26-14)12-7-4-5-8-13(12)19/h4-5,7-8,11H,6,9-10H2,1-3H3,(H,20,23)(H,21,24). The van der Waals surface area contributed by atoms with Gasteiger partial charge in [-0.25, -0.2) is 14.2 Å². The molecule has 2 aromatic rings. The summed E-state index contributed by atoms with van der Waals surface area (Å²) in [6.07, 6.45) is 1.51. The van der Waals surface area contributed by atoms with Crippen LogP contribution in [0.1, 0.15) is 36.9 Å². The summed E-state index contributed by atoms with van der Waals surface area (Å²) in [6, 6.07) is 6.30. The molecule has 2 rings (SSSR count). The van der Waals surface area contributed by atoms with Crippen molar-refractivity contribution in [3.63, 3.8) is 0 Å². The van der Waals surface area contributed by atoms with Gasteiger partial charge in [0.1, 0.15) is 21.3 Å². The van der Waals surface area contributed by atoms with Crippen molar-refractivity contribution in [3.05, 3.63) is 41.2 Å². The minimum absolute atomic E-state index is 0.276. The van der Waals surface area contributed by atoms with E-state index in [1.807, 2.05) is 0 Å². The zero-order valence-corrected chi connectivity index (χ0v) is 15.8. The van der Waals surface area contributed by atoms with Crippen molar-refractivity contribution < 1.29 is 18.7 Å². The molecular weight excluding hydrogens is 357 g/mol. The van der Waals surface area contributed by atoms with E-state index >= 15 is 0 Å². The third-order valence-corrected chi connectivity index (χ3v) is 4.17. The zero-order chi connectivity index (χ0) is 19.2. The first-order valence-corrected chi connectivity index (χ1v) is 9.04. The van der Waals surface area contributed by atoms with E-state index in [1.165, 1.54) is 12.3 Å². The maximum Gasteiger partial charge on any atom is 0.407 e. The van der Waals surface area contributed by atoms with Crippen LogP contribution < -0.4 is 10.6 Å². The first-order valence-electron chi connectivity index (χ1n) is 8.22. The fraction of sp³-hybridized carbons (Fsp3) is 0.389. The number of rotatable bonds is 6. The number of carbonyl (C=O) groups excluding carboxylic acids is 2. The summed E-state index contributed by atoms with van der Waals surface area (Å²) >= 11 is 1.13. The molecule has 140 valence electrons. The second-order valence-corrected chi connectivity index (χ2v) is 7.58. The predicted octanol–water partition coefficient (Wildman–Crippen LogP) is 3.59. The van der Waals surface area contributed by atoms with Gasteiger partial charge in [-0.05, 0) is 39.3 Å². The molecule has 0 unspecified atom stereocenters. The summed E-state index contributed by atoms with van der Waals surface area (Å²) in [6.45, 7) is 6.15. The largest absolute Gasteiger partial charge is 0.444 e. The number of thiazole rings is 1. The maximum atomic E-state index is 13.8. The number of amides is 2. The SMILES string of the molecule is CC(C)(C)OC(=O)NCCCNC(=O)c1cnc(-c2ccccc2F)s1. The fourth-order valence-corrected chi connectivity index (χ4v) is 2.88. The zero-order valence-electron chi connectivity index (χ0n) is 15.0. The highest BCUT2D eigenvalue weighted by Crippen LogP contribution is 2.27. The lowest BCUT2D eigenvalue weighted by Gasteiger charge is -2.19. The van der Waals surface area contributed by atoms with Gasteiger partial charge in [-0.2, -0.15) is 0 Å². The van der Waals surface area contributed by atoms with Crippen molar-refractivity contribution in [1.29, 1.82) is 0 Å². The van der Waals surface area contributed by atoms with Crippen molar-refractivity contribution in [2.45, 2.75) is 32.8 Å². The molecule has 0 aliphatic carbocycles. The second kappa shape index (κ2) is 8.75. The number of hydrogen-bond acceptors (Lipinski definition) is 5. The van der Waals surface area contributed by atoms with E-state index in [0.717, 1.165) is 11.3 Å². The van der Waals surface area contributed by atoms with Gasteiger partial charge in [-0.1, -0.05) is 12.1 Å². The molecule has 26 heavy (non-hydrogen) atoms. The number of halogens is 1. The Hall–Kier alpha value is -2.48. The topological polar surface area (TPSA) is 80.3 Å². The normalized spacial score (nSPS) is 11.1. The summed E-state index contributed by atoms with van der Waals surface area (Å²) in [5.41, 5.74) is -0.168. The van der Waals surface area contributed by atoms with Gasteiger partial charge in [0.15, 0.2) is 0 Å². The molecule has 1 aromatic carbocycles. The van der Waals surface area contributed by atoms with E-state index in [1.54, 1.807) is 39.0 Å². The summed E-state index contributed by atoms with van der Waals surface area (Å²) in [5.74, 6) is -0.649. The molecule has 8 heteroatoms. The van der Waals surface area contributed by atoms with Gasteiger partial charge in [-0.15, -0.1) is 11.3 Å². The number of carbonyl (C=O) groups is 2. The maximum absolute atomic E-state index is 13.8. The average molecular weight is 379 g/mol. The minimum Gasteiger partial charge on any atom is -0.444 e. The number of nitrogens with zero attached hydrogens (tertiary/aromatic N) is 1. The van der Waals surface area contributed by atoms with Crippen molar-refractivity contribution in [3.8, 4) is 10.6 Å². The lowest BCUT2D eigenvalue weighted by molar-refractivity contribution is 0.0527. The van der Waals surface area contributed by atoms with E-state index in [2.05, 4.69) is 15.6 Å². The number of ether oxygens (including phenoxy) is 1. The predicted molar refractivity (Wildman–Crippen MR) is 98.7 cm³/mol. The summed E-state index contributed by atoms with van der Waals surface area (Å²) in [4.78, 5) is 28.1. The van der Waals surface area contributed by atoms with Crippen LogP contribution in [0.2, 0.25) is 0 Å². The minimum atomic E-state index is -0.541. The highest BCUT2D eigenvalue weighted by atomic mass is 32.1. The molecule has 2 amide bonds. The third kappa shape index (κ3) is 6.11. The molecule has 0 bridgehead atoms. The Morgan fingerprint density at radius 3 is 2.58 bits per heavy atom. The molecule has 0 aliphatic rings.